The van der Waals surface area contributed by atoms with E-state index in [2.05, 4.69) is 41.5 Å². The molecule has 0 aliphatic heterocycles. The van der Waals surface area contributed by atoms with Crippen LogP contribution in [-0.4, -0.2) is 37.2 Å². The molecule has 0 saturated carbocycles. The number of rotatable bonds is 33. The molecule has 0 aromatic heterocycles. The maximum absolute atomic E-state index is 12.6. The summed E-state index contributed by atoms with van der Waals surface area (Å²) in [6, 6.07) is 0. The number of hydrogen-bond donors (Lipinski definition) is 0. The molecule has 0 aromatic carbocycles. The largest absolute Gasteiger partial charge is 0.462 e. The highest BCUT2D eigenvalue weighted by Gasteiger charge is 2.19. The third kappa shape index (κ3) is 33.8. The maximum Gasteiger partial charge on any atom is 0.306 e. The number of unbranched alkanes of at least 4 members (excludes halogenated alkanes) is 16. The molecule has 0 aliphatic rings. The van der Waals surface area contributed by atoms with Gasteiger partial charge in [0.1, 0.15) is 13.2 Å². The monoisotopic (exact) mass is 653 g/mol. The minimum absolute atomic E-state index is 0.0695. The van der Waals surface area contributed by atoms with Crippen LogP contribution in [0, 0.1) is 17.8 Å². The van der Waals surface area contributed by atoms with Gasteiger partial charge in [-0.3, -0.25) is 14.4 Å². The summed E-state index contributed by atoms with van der Waals surface area (Å²) < 4.78 is 16.6. The van der Waals surface area contributed by atoms with E-state index in [0.717, 1.165) is 75.5 Å². The summed E-state index contributed by atoms with van der Waals surface area (Å²) in [5.74, 6) is 1.42. The number of esters is 3. The summed E-state index contributed by atoms with van der Waals surface area (Å²) in [5.41, 5.74) is 0. The van der Waals surface area contributed by atoms with Crippen LogP contribution in [0.25, 0.3) is 0 Å². The zero-order valence-corrected chi connectivity index (χ0v) is 31.4. The van der Waals surface area contributed by atoms with Crippen LogP contribution in [0.1, 0.15) is 202 Å². The molecule has 0 rings (SSSR count). The highest BCUT2D eigenvalue weighted by Crippen LogP contribution is 2.15. The lowest BCUT2D eigenvalue weighted by atomic mass is 10.0. The first-order chi connectivity index (χ1) is 22.1. The molecule has 0 amide bonds. The minimum Gasteiger partial charge on any atom is -0.462 e. The van der Waals surface area contributed by atoms with Gasteiger partial charge in [-0.2, -0.15) is 0 Å². The van der Waals surface area contributed by atoms with Crippen molar-refractivity contribution in [2.24, 2.45) is 17.8 Å². The van der Waals surface area contributed by atoms with Crippen molar-refractivity contribution in [3.63, 3.8) is 0 Å². The van der Waals surface area contributed by atoms with E-state index >= 15 is 0 Å². The predicted molar refractivity (Wildman–Crippen MR) is 192 cm³/mol. The Morgan fingerprint density at radius 1 is 0.370 bits per heavy atom. The number of hydrogen-bond acceptors (Lipinski definition) is 6. The average molecular weight is 653 g/mol. The van der Waals surface area contributed by atoms with Crippen LogP contribution in [0.15, 0.2) is 0 Å². The number of carbonyl (C=O) groups excluding carboxylic acids is 3. The Labute approximate surface area is 285 Å². The molecule has 0 unspecified atom stereocenters. The van der Waals surface area contributed by atoms with Gasteiger partial charge in [-0.05, 0) is 37.0 Å². The van der Waals surface area contributed by atoms with Crippen LogP contribution < -0.4 is 0 Å². The summed E-state index contributed by atoms with van der Waals surface area (Å²) in [4.78, 5) is 37.4. The van der Waals surface area contributed by atoms with Crippen LogP contribution >= 0.6 is 0 Å². The fraction of sp³-hybridized carbons (Fsp3) is 0.925. The maximum atomic E-state index is 12.6. The van der Waals surface area contributed by atoms with Crippen molar-refractivity contribution in [1.29, 1.82) is 0 Å². The fourth-order valence-electron chi connectivity index (χ4n) is 5.64. The Hall–Kier alpha value is -1.59. The van der Waals surface area contributed by atoms with Gasteiger partial charge < -0.3 is 14.2 Å². The first-order valence-corrected chi connectivity index (χ1v) is 19.6. The van der Waals surface area contributed by atoms with Crippen molar-refractivity contribution in [2.75, 3.05) is 13.2 Å². The highest BCUT2D eigenvalue weighted by molar-refractivity contribution is 5.71. The molecule has 1 atom stereocenters. The van der Waals surface area contributed by atoms with Gasteiger partial charge in [0, 0.05) is 19.3 Å². The molecule has 0 fully saturated rings. The van der Waals surface area contributed by atoms with Crippen LogP contribution in [-0.2, 0) is 28.6 Å². The molecule has 0 spiro atoms. The van der Waals surface area contributed by atoms with E-state index in [4.69, 9.17) is 14.2 Å². The number of ether oxygens (including phenoxy) is 3. The normalized spacial score (nSPS) is 12.2. The molecule has 6 nitrogen and oxygen atoms in total. The smallest absolute Gasteiger partial charge is 0.306 e. The molecule has 0 aromatic rings. The van der Waals surface area contributed by atoms with E-state index < -0.39 is 6.10 Å². The summed E-state index contributed by atoms with van der Waals surface area (Å²) >= 11 is 0. The molecule has 272 valence electrons. The van der Waals surface area contributed by atoms with Gasteiger partial charge in [-0.25, -0.2) is 0 Å². The summed E-state index contributed by atoms with van der Waals surface area (Å²) in [6.45, 7) is 13.5. The van der Waals surface area contributed by atoms with E-state index in [0.29, 0.717) is 19.3 Å². The second kappa shape index (κ2) is 32.0. The van der Waals surface area contributed by atoms with Gasteiger partial charge in [0.15, 0.2) is 6.10 Å². The average Bonchev–Trinajstić information content (AvgIpc) is 2.99. The molecule has 0 heterocycles. The van der Waals surface area contributed by atoms with E-state index in [1.165, 1.54) is 83.5 Å². The lowest BCUT2D eigenvalue weighted by molar-refractivity contribution is -0.167. The molecular formula is C40H76O6. The first kappa shape index (κ1) is 44.4. The standard InChI is InChI=1S/C40H76O6/c1-34(2)26-20-14-8-7-9-17-23-29-38(41)44-32-37(46-40(43)31-25-19-13-11-16-22-28-36(5)6)33-45-39(42)30-24-18-12-10-15-21-27-35(3)4/h34-37H,7-33H2,1-6H3/t37-/m1/s1. The van der Waals surface area contributed by atoms with Crippen molar-refractivity contribution < 1.29 is 28.6 Å². The minimum atomic E-state index is -0.761. The molecule has 0 bridgehead atoms. The summed E-state index contributed by atoms with van der Waals surface area (Å²) in [7, 11) is 0. The number of carbonyl (C=O) groups is 3. The second-order valence-electron chi connectivity index (χ2n) is 15.0. The highest BCUT2D eigenvalue weighted by atomic mass is 16.6. The lowest BCUT2D eigenvalue weighted by Crippen LogP contribution is -2.30. The Morgan fingerprint density at radius 2 is 0.630 bits per heavy atom. The zero-order chi connectivity index (χ0) is 34.3. The third-order valence-electron chi connectivity index (χ3n) is 8.65. The van der Waals surface area contributed by atoms with Crippen molar-refractivity contribution in [3.05, 3.63) is 0 Å². The molecule has 46 heavy (non-hydrogen) atoms. The Morgan fingerprint density at radius 3 is 0.935 bits per heavy atom. The van der Waals surface area contributed by atoms with Crippen LogP contribution in [0.2, 0.25) is 0 Å². The zero-order valence-electron chi connectivity index (χ0n) is 31.4. The van der Waals surface area contributed by atoms with E-state index in [-0.39, 0.29) is 31.1 Å². The molecule has 6 heteroatoms. The van der Waals surface area contributed by atoms with Gasteiger partial charge in [-0.15, -0.1) is 0 Å². The summed E-state index contributed by atoms with van der Waals surface area (Å²) in [6.07, 6.45) is 25.5. The van der Waals surface area contributed by atoms with Crippen LogP contribution in [0.5, 0.6) is 0 Å². The SMILES string of the molecule is CC(C)CCCCCCCCCC(=O)OC[C@H](COC(=O)CCCCCCCCC(C)C)OC(=O)CCCCCCCCC(C)C. The van der Waals surface area contributed by atoms with Crippen molar-refractivity contribution >= 4 is 17.9 Å². The molecule has 0 N–H and O–H groups in total. The van der Waals surface area contributed by atoms with Crippen LogP contribution in [0.3, 0.4) is 0 Å². The van der Waals surface area contributed by atoms with Crippen molar-refractivity contribution in [1.82, 2.24) is 0 Å². The van der Waals surface area contributed by atoms with Crippen molar-refractivity contribution in [3.8, 4) is 0 Å². The van der Waals surface area contributed by atoms with Gasteiger partial charge in [-0.1, -0.05) is 164 Å². The van der Waals surface area contributed by atoms with Crippen molar-refractivity contribution in [2.45, 2.75) is 208 Å². The topological polar surface area (TPSA) is 78.9 Å². The van der Waals surface area contributed by atoms with E-state index in [1.807, 2.05) is 0 Å². The quantitative estimate of drug-likeness (QED) is 0.0399. The van der Waals surface area contributed by atoms with Gasteiger partial charge in [0.05, 0.1) is 0 Å². The Bertz CT molecular complexity index is 717. The van der Waals surface area contributed by atoms with E-state index in [9.17, 15) is 14.4 Å². The predicted octanol–water partition coefficient (Wildman–Crippen LogP) is 11.7. The molecule has 0 radical (unpaired) electrons. The first-order valence-electron chi connectivity index (χ1n) is 19.6. The molecular weight excluding hydrogens is 576 g/mol. The van der Waals surface area contributed by atoms with Gasteiger partial charge in [0.2, 0.25) is 0 Å². The lowest BCUT2D eigenvalue weighted by Gasteiger charge is -2.18. The Balaban J connectivity index is 4.38. The second-order valence-corrected chi connectivity index (χ2v) is 15.0. The Kier molecular flexibility index (Phi) is 30.9. The van der Waals surface area contributed by atoms with Gasteiger partial charge >= 0.3 is 17.9 Å². The van der Waals surface area contributed by atoms with Gasteiger partial charge in [0.25, 0.3) is 0 Å². The molecule has 0 aliphatic carbocycles. The fourth-order valence-corrected chi connectivity index (χ4v) is 5.64. The summed E-state index contributed by atoms with van der Waals surface area (Å²) in [5, 5.41) is 0. The van der Waals surface area contributed by atoms with E-state index in [1.54, 1.807) is 0 Å². The molecule has 0 saturated heterocycles. The van der Waals surface area contributed by atoms with Crippen LogP contribution in [0.4, 0.5) is 0 Å². The third-order valence-corrected chi connectivity index (χ3v) is 8.65.